The number of carbonyl (C=O) groups is 1. The Kier molecular flexibility index (Phi) is 3.98. The average Bonchev–Trinajstić information content (AvgIpc) is 3.34. The van der Waals surface area contributed by atoms with Crippen molar-refractivity contribution in [2.45, 2.75) is 6.54 Å². The van der Waals surface area contributed by atoms with E-state index in [2.05, 4.69) is 0 Å². The molecule has 1 aliphatic rings. The van der Waals surface area contributed by atoms with Crippen molar-refractivity contribution in [3.8, 4) is 22.8 Å². The molecule has 0 bridgehead atoms. The van der Waals surface area contributed by atoms with E-state index >= 15 is 0 Å². The van der Waals surface area contributed by atoms with Crippen molar-refractivity contribution in [1.29, 1.82) is 0 Å². The van der Waals surface area contributed by atoms with Crippen molar-refractivity contribution < 1.29 is 14.3 Å². The fourth-order valence-electron chi connectivity index (χ4n) is 3.72. The molecular formula is C23H18N2O4. The standard InChI is InChI=1S/C23H18N2O4/c1-24-18(15-5-3-2-4-6-15)11-17-9-10-25(23(27)22(17)24)13-19(26)16-7-8-20-21(12-16)29-14-28-20/h2-12H,13-14H2,1H3. The number of fused-ring (bicyclic) bond motifs is 2. The molecule has 6 nitrogen and oxygen atoms in total. The number of ether oxygens (including phenoxy) is 2. The van der Waals surface area contributed by atoms with Gasteiger partial charge >= 0.3 is 0 Å². The van der Waals surface area contributed by atoms with Gasteiger partial charge in [0.25, 0.3) is 5.56 Å². The minimum Gasteiger partial charge on any atom is -0.454 e. The molecule has 0 amide bonds. The zero-order valence-electron chi connectivity index (χ0n) is 15.8. The molecule has 0 unspecified atom stereocenters. The van der Waals surface area contributed by atoms with Gasteiger partial charge in [-0.2, -0.15) is 0 Å². The van der Waals surface area contributed by atoms with Crippen LogP contribution in [0.2, 0.25) is 0 Å². The zero-order valence-corrected chi connectivity index (χ0v) is 15.8. The van der Waals surface area contributed by atoms with Gasteiger partial charge in [-0.05, 0) is 35.9 Å². The van der Waals surface area contributed by atoms with Crippen LogP contribution in [-0.2, 0) is 13.6 Å². The normalized spacial score (nSPS) is 12.4. The minimum atomic E-state index is -0.193. The molecule has 29 heavy (non-hydrogen) atoms. The molecule has 6 heteroatoms. The first-order valence-corrected chi connectivity index (χ1v) is 9.29. The summed E-state index contributed by atoms with van der Waals surface area (Å²) in [5, 5.41) is 0.850. The van der Waals surface area contributed by atoms with Gasteiger partial charge in [0.15, 0.2) is 17.3 Å². The van der Waals surface area contributed by atoms with Crippen LogP contribution in [0.5, 0.6) is 11.5 Å². The minimum absolute atomic E-state index is 0.0414. The Morgan fingerprint density at radius 2 is 1.79 bits per heavy atom. The van der Waals surface area contributed by atoms with Crippen LogP contribution >= 0.6 is 0 Å². The van der Waals surface area contributed by atoms with Crippen molar-refractivity contribution in [2.24, 2.45) is 7.05 Å². The molecular weight excluding hydrogens is 368 g/mol. The molecule has 3 heterocycles. The molecule has 144 valence electrons. The number of Topliss-reactive ketones (excluding diaryl/α,β-unsaturated/α-hetero) is 1. The van der Waals surface area contributed by atoms with Crippen molar-refractivity contribution in [3.63, 3.8) is 0 Å². The molecule has 2 aromatic heterocycles. The molecule has 4 aromatic rings. The summed E-state index contributed by atoms with van der Waals surface area (Å²) in [5.41, 5.74) is 2.86. The Morgan fingerprint density at radius 1 is 1.00 bits per heavy atom. The summed E-state index contributed by atoms with van der Waals surface area (Å²) in [5.74, 6) is 1.01. The first-order valence-electron chi connectivity index (χ1n) is 9.29. The van der Waals surface area contributed by atoms with Crippen LogP contribution in [0.3, 0.4) is 0 Å². The zero-order chi connectivity index (χ0) is 20.0. The van der Waals surface area contributed by atoms with Crippen LogP contribution in [-0.4, -0.2) is 21.7 Å². The van der Waals surface area contributed by atoms with Crippen LogP contribution in [0.25, 0.3) is 22.2 Å². The third-order valence-electron chi connectivity index (χ3n) is 5.24. The van der Waals surface area contributed by atoms with Gasteiger partial charge < -0.3 is 18.6 Å². The van der Waals surface area contributed by atoms with Crippen LogP contribution in [0.15, 0.2) is 71.7 Å². The number of rotatable bonds is 4. The fourth-order valence-corrected chi connectivity index (χ4v) is 3.72. The van der Waals surface area contributed by atoms with Gasteiger partial charge in [-0.25, -0.2) is 0 Å². The van der Waals surface area contributed by atoms with Gasteiger partial charge in [-0.3, -0.25) is 9.59 Å². The highest BCUT2D eigenvalue weighted by Crippen LogP contribution is 2.32. The number of pyridine rings is 1. The molecule has 5 rings (SSSR count). The number of nitrogens with zero attached hydrogens (tertiary/aromatic N) is 2. The number of hydrogen-bond donors (Lipinski definition) is 0. The third-order valence-corrected chi connectivity index (χ3v) is 5.24. The second kappa shape index (κ2) is 6.67. The fraction of sp³-hybridized carbons (Fsp3) is 0.130. The molecule has 2 aromatic carbocycles. The number of ketones is 1. The van der Waals surface area contributed by atoms with Crippen LogP contribution in [0.1, 0.15) is 10.4 Å². The summed E-state index contributed by atoms with van der Waals surface area (Å²) >= 11 is 0. The van der Waals surface area contributed by atoms with Gasteiger partial charge in [0.05, 0.1) is 6.54 Å². The van der Waals surface area contributed by atoms with E-state index in [4.69, 9.17) is 9.47 Å². The molecule has 1 aliphatic heterocycles. The van der Waals surface area contributed by atoms with E-state index < -0.39 is 0 Å². The van der Waals surface area contributed by atoms with E-state index in [1.165, 1.54) is 4.57 Å². The van der Waals surface area contributed by atoms with E-state index in [0.29, 0.717) is 22.6 Å². The van der Waals surface area contributed by atoms with Gasteiger partial charge in [-0.1, -0.05) is 30.3 Å². The highest BCUT2D eigenvalue weighted by Gasteiger charge is 2.18. The Labute approximate surface area is 166 Å². The van der Waals surface area contributed by atoms with E-state index in [0.717, 1.165) is 16.6 Å². The summed E-state index contributed by atoms with van der Waals surface area (Å²) < 4.78 is 13.9. The van der Waals surface area contributed by atoms with E-state index in [1.807, 2.05) is 54.1 Å². The molecule has 0 fully saturated rings. The average molecular weight is 386 g/mol. The number of aryl methyl sites for hydroxylation is 1. The molecule has 0 radical (unpaired) electrons. The van der Waals surface area contributed by atoms with Crippen molar-refractivity contribution >= 4 is 16.7 Å². The quantitative estimate of drug-likeness (QED) is 0.503. The van der Waals surface area contributed by atoms with Gasteiger partial charge in [0.1, 0.15) is 5.52 Å². The molecule has 0 aliphatic carbocycles. The van der Waals surface area contributed by atoms with Crippen LogP contribution < -0.4 is 15.0 Å². The Bertz CT molecular complexity index is 1300. The predicted molar refractivity (Wildman–Crippen MR) is 110 cm³/mol. The van der Waals surface area contributed by atoms with Crippen LogP contribution in [0, 0.1) is 0 Å². The highest BCUT2D eigenvalue weighted by molar-refractivity contribution is 5.97. The van der Waals surface area contributed by atoms with Crippen molar-refractivity contribution in [1.82, 2.24) is 9.13 Å². The summed E-state index contributed by atoms with van der Waals surface area (Å²) in [6, 6.07) is 18.8. The molecule has 0 saturated heterocycles. The number of aromatic nitrogens is 2. The van der Waals surface area contributed by atoms with E-state index in [9.17, 15) is 9.59 Å². The first kappa shape index (κ1) is 17.3. The Hall–Kier alpha value is -3.80. The summed E-state index contributed by atoms with van der Waals surface area (Å²) in [7, 11) is 1.87. The SMILES string of the molecule is Cn1c(-c2ccccc2)cc2ccn(CC(=O)c3ccc4c(c3)OCO4)c(=O)c21. The van der Waals surface area contributed by atoms with E-state index in [1.54, 1.807) is 24.4 Å². The molecule has 0 N–H and O–H groups in total. The lowest BCUT2D eigenvalue weighted by molar-refractivity contribution is 0.0970. The van der Waals surface area contributed by atoms with Crippen molar-refractivity contribution in [3.05, 3.63) is 82.8 Å². The molecule has 0 saturated carbocycles. The van der Waals surface area contributed by atoms with Gasteiger partial charge in [0, 0.05) is 29.9 Å². The van der Waals surface area contributed by atoms with Crippen LogP contribution in [0.4, 0.5) is 0 Å². The number of hydrogen-bond acceptors (Lipinski definition) is 4. The van der Waals surface area contributed by atoms with Gasteiger partial charge in [0.2, 0.25) is 6.79 Å². The van der Waals surface area contributed by atoms with Gasteiger partial charge in [-0.15, -0.1) is 0 Å². The smallest absolute Gasteiger partial charge is 0.275 e. The first-order chi connectivity index (χ1) is 14.1. The lowest BCUT2D eigenvalue weighted by atomic mass is 10.1. The second-order valence-corrected chi connectivity index (χ2v) is 7.00. The molecule has 0 atom stereocenters. The Balaban J connectivity index is 1.51. The maximum absolute atomic E-state index is 13.1. The number of benzene rings is 2. The lowest BCUT2D eigenvalue weighted by Gasteiger charge is -2.08. The highest BCUT2D eigenvalue weighted by atomic mass is 16.7. The largest absolute Gasteiger partial charge is 0.454 e. The lowest BCUT2D eigenvalue weighted by Crippen LogP contribution is -2.25. The van der Waals surface area contributed by atoms with Crippen molar-refractivity contribution in [2.75, 3.05) is 6.79 Å². The predicted octanol–water partition coefficient (Wildman–Crippen LogP) is 3.62. The Morgan fingerprint density at radius 3 is 2.62 bits per heavy atom. The third kappa shape index (κ3) is 2.89. The maximum Gasteiger partial charge on any atom is 0.275 e. The monoisotopic (exact) mass is 386 g/mol. The molecule has 0 spiro atoms. The summed E-state index contributed by atoms with van der Waals surface area (Å²) in [4.78, 5) is 25.8. The topological polar surface area (TPSA) is 62.5 Å². The summed E-state index contributed by atoms with van der Waals surface area (Å²) in [6.45, 7) is 0.112. The number of carbonyl (C=O) groups excluding carboxylic acids is 1. The van der Waals surface area contributed by atoms with E-state index in [-0.39, 0.29) is 24.7 Å². The maximum atomic E-state index is 13.1. The second-order valence-electron chi connectivity index (χ2n) is 7.00. The summed E-state index contributed by atoms with van der Waals surface area (Å²) in [6.07, 6.45) is 1.67.